The Bertz CT molecular complexity index is 4850. The lowest BCUT2D eigenvalue weighted by Crippen LogP contribution is -2.60. The minimum atomic E-state index is -2.38. The first-order valence-electron chi connectivity index (χ1n) is 38.5. The minimum absolute atomic E-state index is 0.0531. The van der Waals surface area contributed by atoms with Crippen molar-refractivity contribution in [1.29, 1.82) is 0 Å². The van der Waals surface area contributed by atoms with Gasteiger partial charge in [0.15, 0.2) is 11.5 Å². The highest BCUT2D eigenvalue weighted by atomic mass is 35.5. The number of hydrogen-bond donors (Lipinski definition) is 21. The third-order valence-corrected chi connectivity index (χ3v) is 22.7. The Kier molecular flexibility index (Phi) is 25.6. The largest absolute Gasteiger partial charge is 0.508 e. The van der Waals surface area contributed by atoms with Crippen molar-refractivity contribution < 1.29 is 123 Å². The molecule has 6 aliphatic heterocycles. The number of nitrogens with one attached hydrogen (secondary N) is 11. The maximum atomic E-state index is 16.4. The molecule has 21 N–H and O–H groups in total. The van der Waals surface area contributed by atoms with Crippen LogP contribution in [0, 0.1) is 36.5 Å². The number of aliphatic hydroxyl groups excluding tert-OH is 6. The van der Waals surface area contributed by atoms with Crippen molar-refractivity contribution >= 4 is 76.5 Å². The van der Waals surface area contributed by atoms with Crippen molar-refractivity contribution in [3.63, 3.8) is 0 Å². The quantitative estimate of drug-likeness (QED) is 0.0517. The average Bonchev–Trinajstić information content (AvgIpc) is 0.743. The zero-order valence-corrected chi connectivity index (χ0v) is 64.9. The molecule has 628 valence electrons. The van der Waals surface area contributed by atoms with Crippen LogP contribution in [0.1, 0.15) is 123 Å². The average molecular weight is 1660 g/mol. The van der Waals surface area contributed by atoms with E-state index in [2.05, 4.69) is 58.5 Å². The molecular weight excluding hydrogens is 1560 g/mol. The summed E-state index contributed by atoms with van der Waals surface area (Å²) in [6, 6.07) is 4.79. The number of rotatable bonds is 19. The number of likely N-dealkylation sites (N-methyl/N-ethyl adjacent to an activating group) is 1. The second-order valence-corrected chi connectivity index (χ2v) is 31.5. The molecule has 118 heavy (non-hydrogen) atoms. The zero-order chi connectivity index (χ0) is 84.4. The summed E-state index contributed by atoms with van der Waals surface area (Å²) in [6.45, 7) is 4.07. The van der Waals surface area contributed by atoms with Crippen LogP contribution < -0.4 is 77.4 Å². The van der Waals surface area contributed by atoms with E-state index in [-0.39, 0.29) is 106 Å². The fourth-order valence-electron chi connectivity index (χ4n) is 16.7. The lowest BCUT2D eigenvalue weighted by molar-refractivity contribution is -0.277. The maximum Gasteiger partial charge on any atom is 0.325 e. The van der Waals surface area contributed by atoms with Gasteiger partial charge in [-0.1, -0.05) is 43.6 Å². The summed E-state index contributed by atoms with van der Waals surface area (Å²) in [5.74, 6) is -14.1. The summed E-state index contributed by atoms with van der Waals surface area (Å²) >= 11 is 7.17. The molecular formula is C81H92ClN11O25. The Balaban J connectivity index is 0.968. The van der Waals surface area contributed by atoms with Crippen molar-refractivity contribution in [2.45, 2.75) is 157 Å². The molecule has 10 amide bonds. The van der Waals surface area contributed by atoms with Crippen LogP contribution in [0.5, 0.6) is 51.7 Å². The number of aromatic hydroxyl groups is 3. The number of imide groups is 1. The van der Waals surface area contributed by atoms with Gasteiger partial charge >= 0.3 is 12.0 Å². The first kappa shape index (κ1) is 84.5. The number of anilines is 1. The fourth-order valence-corrected chi connectivity index (χ4v) is 17.0. The summed E-state index contributed by atoms with van der Waals surface area (Å²) in [7, 11) is 1.48. The number of phenolic OH excluding ortho intramolecular Hbond substituents is 3. The van der Waals surface area contributed by atoms with Crippen LogP contribution >= 0.6 is 11.6 Å². The van der Waals surface area contributed by atoms with Crippen molar-refractivity contribution in [3.8, 4) is 62.9 Å². The van der Waals surface area contributed by atoms with E-state index < -0.39 is 203 Å². The van der Waals surface area contributed by atoms with Crippen LogP contribution in [0.15, 0.2) is 103 Å². The van der Waals surface area contributed by atoms with E-state index in [0.717, 1.165) is 80.6 Å². The Labute approximate surface area is 679 Å². The molecule has 1 saturated heterocycles. The molecule has 37 heteroatoms. The predicted octanol–water partition coefficient (Wildman–Crippen LogP) is 2.30. The topological polar surface area (TPSA) is 551 Å². The van der Waals surface area contributed by atoms with Crippen LogP contribution in [-0.4, -0.2) is 205 Å². The van der Waals surface area contributed by atoms with Crippen molar-refractivity contribution in [3.05, 3.63) is 142 Å². The molecule has 16 rings (SSSR count). The van der Waals surface area contributed by atoms with E-state index in [9.17, 15) is 65.1 Å². The van der Waals surface area contributed by atoms with Gasteiger partial charge in [-0.15, -0.1) is 0 Å². The van der Waals surface area contributed by atoms with E-state index in [1.165, 1.54) is 68.6 Å². The van der Waals surface area contributed by atoms with Gasteiger partial charge in [0, 0.05) is 35.5 Å². The number of hydrogen-bond acceptors (Lipinski definition) is 26. The SMILES string of the molecule is CN[C@H](CC(C)C)C(=O)N[C@H]1C(=O)N[C@@H](CC(=O)NC(=O)Nc2ccc(OCCNCC(=O)O)cc2)C(=O)N[C@H]2C(=O)N[C@H]3C(=O)N[C@H](C(=O)N[C@H](C(=O)NC4C5CC6CC(C5)CC4C6)c4cc(O)cc(O)c4-c4cc3ccc4O)[C@H](O)c3ccc(c(Cl)c3)Oc3cc2cc(c3O[C@@H]2O[C@H](CO)[C@@H](O)[C@H](O)[C@H]2O)Oc2ccc(cc2C)[C@H]1O. The van der Waals surface area contributed by atoms with Gasteiger partial charge in [0.25, 0.3) is 0 Å². The molecule has 10 aliphatic rings. The zero-order valence-electron chi connectivity index (χ0n) is 64.1. The second kappa shape index (κ2) is 35.8. The molecule has 15 bridgehead atoms. The lowest BCUT2D eigenvalue weighted by atomic mass is 9.54. The van der Waals surface area contributed by atoms with Gasteiger partial charge in [0.1, 0.15) is 114 Å². The van der Waals surface area contributed by atoms with Gasteiger partial charge in [0.2, 0.25) is 59.3 Å². The molecule has 0 aromatic heterocycles. The van der Waals surface area contributed by atoms with Gasteiger partial charge in [-0.2, -0.15) is 0 Å². The van der Waals surface area contributed by atoms with Gasteiger partial charge < -0.3 is 128 Å². The van der Waals surface area contributed by atoms with Crippen molar-refractivity contribution in [2.24, 2.45) is 29.6 Å². The number of fused-ring (bicyclic) bond motifs is 15. The number of aliphatic carboxylic acids is 1. The molecule has 14 atom stereocenters. The molecule has 4 saturated carbocycles. The van der Waals surface area contributed by atoms with E-state index >= 15 is 28.8 Å². The molecule has 4 aliphatic carbocycles. The fraction of sp³-hybridized carbons (Fsp3) is 0.432. The second-order valence-electron chi connectivity index (χ2n) is 31.1. The van der Waals surface area contributed by atoms with Crippen LogP contribution in [0.25, 0.3) is 11.1 Å². The molecule has 0 unspecified atom stereocenters. The summed E-state index contributed by atoms with van der Waals surface area (Å²) < 4.78 is 31.2. The number of ether oxygens (including phenoxy) is 5. The normalized spacial score (nSPS) is 27.4. The van der Waals surface area contributed by atoms with Crippen molar-refractivity contribution in [1.82, 2.24) is 53.2 Å². The highest BCUT2D eigenvalue weighted by Crippen LogP contribution is 2.55. The third kappa shape index (κ3) is 18.6. The number of carbonyl (C=O) groups excluding carboxylic acids is 9. The minimum Gasteiger partial charge on any atom is -0.508 e. The Morgan fingerprint density at radius 2 is 1.29 bits per heavy atom. The molecule has 0 spiro atoms. The Morgan fingerprint density at radius 3 is 1.94 bits per heavy atom. The highest BCUT2D eigenvalue weighted by molar-refractivity contribution is 6.32. The number of carboxylic acids is 1. The number of aryl methyl sites for hydroxylation is 1. The molecule has 6 aromatic rings. The first-order valence-corrected chi connectivity index (χ1v) is 38.9. The van der Waals surface area contributed by atoms with E-state index in [4.69, 9.17) is 40.4 Å². The third-order valence-electron chi connectivity index (χ3n) is 22.4. The number of benzene rings is 6. The number of halogens is 1. The highest BCUT2D eigenvalue weighted by Gasteiger charge is 2.51. The van der Waals surface area contributed by atoms with Gasteiger partial charge in [0.05, 0.1) is 30.6 Å². The van der Waals surface area contributed by atoms with E-state index in [1.54, 1.807) is 0 Å². The molecule has 6 aromatic carbocycles. The number of urea groups is 1. The molecule has 36 nitrogen and oxygen atoms in total. The number of aliphatic hydroxyl groups is 6. The summed E-state index contributed by atoms with van der Waals surface area (Å²) in [5, 5.41) is 142. The monoisotopic (exact) mass is 1650 g/mol. The van der Waals surface area contributed by atoms with Crippen LogP contribution in [-0.2, 0) is 47.9 Å². The van der Waals surface area contributed by atoms with Gasteiger partial charge in [-0.25, -0.2) is 4.79 Å². The molecule has 6 heterocycles. The van der Waals surface area contributed by atoms with Crippen LogP contribution in [0.4, 0.5) is 10.5 Å². The first-order chi connectivity index (χ1) is 56.3. The smallest absolute Gasteiger partial charge is 0.325 e. The Morgan fingerprint density at radius 1 is 0.644 bits per heavy atom. The predicted molar refractivity (Wildman–Crippen MR) is 414 cm³/mol. The Hall–Kier alpha value is -11.5. The van der Waals surface area contributed by atoms with Gasteiger partial charge in [-0.3, -0.25) is 48.5 Å². The lowest BCUT2D eigenvalue weighted by Gasteiger charge is -2.54. The van der Waals surface area contributed by atoms with E-state index in [0.29, 0.717) is 17.6 Å². The summed E-state index contributed by atoms with van der Waals surface area (Å²) in [5.41, 5.74) is -1.87. The summed E-state index contributed by atoms with van der Waals surface area (Å²) in [4.78, 5) is 148. The summed E-state index contributed by atoms with van der Waals surface area (Å²) in [6.07, 6.45) is -10.8. The maximum absolute atomic E-state index is 16.4. The number of amides is 10. The number of phenols is 3. The van der Waals surface area contributed by atoms with E-state index in [1.807, 2.05) is 13.8 Å². The van der Waals surface area contributed by atoms with Crippen LogP contribution in [0.3, 0.4) is 0 Å². The van der Waals surface area contributed by atoms with Crippen LogP contribution in [0.2, 0.25) is 5.02 Å². The standard InChI is InChI=1S/C81H92ClN11O25/c1-33(2)17-49(83-4)73(106)92-65-67(101)38-6-13-53(34(3)18-38)115-55-26-42-27-56(72(55)118-80-71(105)70(104)69(103)57(32-94)117-80)116-54-14-7-39(25-48(54)82)68(102)66-79(112)91-64(77(110)88-61-40-20-35-19-36(22-40)23-41(61)21-35)47-28-44(95)29-52(97)60(47)46-24-37(5-12-51(46)96)62(75(108)93-66)90-76(109)63(42)89-74(107)50(86-78(65)111)30-58(98)87-81(113)85-43-8-10-45(11-9-43)114-16-15-84-31-59(99)100/h5-14,18,24-29,33,35-36,40-41,49-50,57,61-71,80,83-84,94-97,101-105H,15-17,19-23,30-32H2,1-4H3,(H,86,111)(H,88,110)(H,89,107)(H,90,109)(H,91,112)(H,92,106)(H,93,108)(H,99,100)(H2,85,87,98,113)/t35?,36?,40?,41?,49-,50+,57-,61?,62-,63-,64+,65-,66+,67-,68-,69-,70+,71-,80+/m1/s1. The molecule has 0 radical (unpaired) electrons. The number of carbonyl (C=O) groups is 10. The van der Waals surface area contributed by atoms with Crippen molar-refractivity contribution in [2.75, 3.05) is 38.7 Å². The van der Waals surface area contributed by atoms with Gasteiger partial charge in [-0.05, 0) is 194 Å². The molecule has 5 fully saturated rings. The number of carboxylic acid groups (broad SMARTS) is 1.